The van der Waals surface area contributed by atoms with Gasteiger partial charge in [0.15, 0.2) is 5.13 Å². The van der Waals surface area contributed by atoms with Crippen molar-refractivity contribution in [2.24, 2.45) is 5.92 Å². The van der Waals surface area contributed by atoms with Crippen LogP contribution >= 0.6 is 11.3 Å². The Balaban J connectivity index is 2.01. The first-order chi connectivity index (χ1) is 10.1. The topological polar surface area (TPSA) is 37.4 Å². The molecule has 1 aromatic rings. The predicted molar refractivity (Wildman–Crippen MR) is 90.3 cm³/mol. The Labute approximate surface area is 132 Å². The summed E-state index contributed by atoms with van der Waals surface area (Å²) >= 11 is 1.85. The Kier molecular flexibility index (Phi) is 6.45. The number of hydrogen-bond donors (Lipinski definition) is 1. The van der Waals surface area contributed by atoms with E-state index >= 15 is 0 Å². The van der Waals surface area contributed by atoms with E-state index in [1.54, 1.807) is 0 Å². The molecule has 1 N–H and O–H groups in total. The second-order valence-electron chi connectivity index (χ2n) is 6.19. The lowest BCUT2D eigenvalue weighted by atomic mass is 10.1. The molecule has 5 heteroatoms. The summed E-state index contributed by atoms with van der Waals surface area (Å²) in [4.78, 5) is 8.66. The van der Waals surface area contributed by atoms with Crippen molar-refractivity contribution in [3.05, 3.63) is 10.6 Å². The summed E-state index contributed by atoms with van der Waals surface area (Å²) in [6, 6.07) is 0. The number of nitrogens with zero attached hydrogens (tertiary/aromatic N) is 2. The lowest BCUT2D eigenvalue weighted by Gasteiger charge is -2.31. The van der Waals surface area contributed by atoms with Crippen LogP contribution in [-0.2, 0) is 17.7 Å². The van der Waals surface area contributed by atoms with E-state index in [0.717, 1.165) is 32.6 Å². The Hall–Kier alpha value is -0.650. The minimum absolute atomic E-state index is 0.357. The molecule has 1 atom stereocenters. The maximum Gasteiger partial charge on any atom is 0.185 e. The third-order valence-corrected chi connectivity index (χ3v) is 5.08. The van der Waals surface area contributed by atoms with Gasteiger partial charge in [-0.3, -0.25) is 0 Å². The number of nitrogens with one attached hydrogen (secondary N) is 1. The average Bonchev–Trinajstić information content (AvgIpc) is 2.90. The Bertz CT molecular complexity index is 433. The maximum absolute atomic E-state index is 5.52. The van der Waals surface area contributed by atoms with Gasteiger partial charge in [-0.05, 0) is 31.7 Å². The van der Waals surface area contributed by atoms with Crippen molar-refractivity contribution in [3.8, 4) is 0 Å². The molecule has 0 aromatic carbocycles. The fourth-order valence-electron chi connectivity index (χ4n) is 2.70. The molecule has 4 nitrogen and oxygen atoms in total. The molecule has 0 spiro atoms. The predicted octanol–water partition coefficient (Wildman–Crippen LogP) is 3.07. The minimum atomic E-state index is 0.357. The molecule has 0 amide bonds. The summed E-state index contributed by atoms with van der Waals surface area (Å²) in [5.74, 6) is 0.687. The third kappa shape index (κ3) is 4.66. The highest BCUT2D eigenvalue weighted by atomic mass is 32.1. The number of thiazole rings is 1. The van der Waals surface area contributed by atoms with Crippen molar-refractivity contribution in [2.45, 2.75) is 52.7 Å². The lowest BCUT2D eigenvalue weighted by Crippen LogP contribution is -2.39. The fourth-order valence-corrected chi connectivity index (χ4v) is 3.85. The van der Waals surface area contributed by atoms with Gasteiger partial charge in [0, 0.05) is 31.6 Å². The van der Waals surface area contributed by atoms with Crippen LogP contribution in [0.2, 0.25) is 0 Å². The van der Waals surface area contributed by atoms with Crippen molar-refractivity contribution >= 4 is 16.5 Å². The summed E-state index contributed by atoms with van der Waals surface area (Å²) in [6.45, 7) is 10.8. The number of rotatable bonds is 7. The first-order valence-electron chi connectivity index (χ1n) is 8.11. The van der Waals surface area contributed by atoms with Gasteiger partial charge < -0.3 is 15.0 Å². The van der Waals surface area contributed by atoms with Gasteiger partial charge in [0.1, 0.15) is 0 Å². The van der Waals surface area contributed by atoms with E-state index in [4.69, 9.17) is 9.72 Å². The zero-order valence-electron chi connectivity index (χ0n) is 13.8. The summed E-state index contributed by atoms with van der Waals surface area (Å²) in [6.07, 6.45) is 3.73. The number of aromatic nitrogens is 1. The number of methoxy groups -OCH3 is 1. The highest BCUT2D eigenvalue weighted by Gasteiger charge is 2.23. The molecule has 0 radical (unpaired) electrons. The fraction of sp³-hybridized carbons (Fsp3) is 0.812. The summed E-state index contributed by atoms with van der Waals surface area (Å²) in [5.41, 5.74) is 1.26. The monoisotopic (exact) mass is 311 g/mol. The molecule has 1 saturated heterocycles. The zero-order valence-corrected chi connectivity index (χ0v) is 14.6. The molecule has 2 rings (SSSR count). The van der Waals surface area contributed by atoms with Gasteiger partial charge >= 0.3 is 0 Å². The van der Waals surface area contributed by atoms with Gasteiger partial charge in [0.25, 0.3) is 0 Å². The number of ether oxygens (including phenoxy) is 1. The van der Waals surface area contributed by atoms with Gasteiger partial charge in [-0.15, -0.1) is 11.3 Å². The number of anilines is 1. The van der Waals surface area contributed by atoms with E-state index in [0.29, 0.717) is 12.0 Å². The second kappa shape index (κ2) is 8.11. The van der Waals surface area contributed by atoms with Gasteiger partial charge in [0.2, 0.25) is 0 Å². The van der Waals surface area contributed by atoms with Crippen LogP contribution in [0.3, 0.4) is 0 Å². The van der Waals surface area contributed by atoms with Gasteiger partial charge in [-0.25, -0.2) is 4.98 Å². The van der Waals surface area contributed by atoms with Crippen LogP contribution in [0.15, 0.2) is 0 Å². The van der Waals surface area contributed by atoms with E-state index in [1.807, 2.05) is 18.4 Å². The molecule has 2 heterocycles. The van der Waals surface area contributed by atoms with Crippen molar-refractivity contribution in [1.82, 2.24) is 10.3 Å². The molecule has 0 saturated carbocycles. The molecule has 1 fully saturated rings. The summed E-state index contributed by atoms with van der Waals surface area (Å²) in [5, 5.41) is 4.72. The van der Waals surface area contributed by atoms with E-state index in [-0.39, 0.29) is 0 Å². The van der Waals surface area contributed by atoms with Crippen LogP contribution < -0.4 is 10.2 Å². The van der Waals surface area contributed by atoms with Crippen LogP contribution in [0.5, 0.6) is 0 Å². The number of piperidine rings is 1. The first-order valence-corrected chi connectivity index (χ1v) is 8.92. The highest BCUT2D eigenvalue weighted by molar-refractivity contribution is 7.15. The molecule has 1 aliphatic rings. The normalized spacial score (nSPS) is 19.5. The largest absolute Gasteiger partial charge is 0.380 e. The van der Waals surface area contributed by atoms with Crippen molar-refractivity contribution in [1.29, 1.82) is 0 Å². The lowest BCUT2D eigenvalue weighted by molar-refractivity contribution is 0.0893. The molecule has 1 aromatic heterocycles. The minimum Gasteiger partial charge on any atom is -0.380 e. The van der Waals surface area contributed by atoms with Gasteiger partial charge in [-0.1, -0.05) is 20.8 Å². The second-order valence-corrected chi connectivity index (χ2v) is 7.25. The molecule has 0 aliphatic carbocycles. The molecule has 1 aliphatic heterocycles. The van der Waals surface area contributed by atoms with Crippen molar-refractivity contribution in [2.75, 3.05) is 31.6 Å². The maximum atomic E-state index is 5.52. The smallest absolute Gasteiger partial charge is 0.185 e. The van der Waals surface area contributed by atoms with Crippen molar-refractivity contribution in [3.63, 3.8) is 0 Å². The molecule has 1 unspecified atom stereocenters. The van der Waals surface area contributed by atoms with Crippen LogP contribution in [0.1, 0.15) is 44.2 Å². The van der Waals surface area contributed by atoms with Gasteiger partial charge in [-0.2, -0.15) is 0 Å². The van der Waals surface area contributed by atoms with Crippen LogP contribution in [0.4, 0.5) is 5.13 Å². The number of aryl methyl sites for hydroxylation is 1. The molecule has 120 valence electrons. The molecular weight excluding hydrogens is 282 g/mol. The third-order valence-electron chi connectivity index (χ3n) is 3.92. The van der Waals surface area contributed by atoms with E-state index in [9.17, 15) is 0 Å². The molecule has 21 heavy (non-hydrogen) atoms. The quantitative estimate of drug-likeness (QED) is 0.840. The molecular formula is C16H29N3OS. The summed E-state index contributed by atoms with van der Waals surface area (Å²) < 4.78 is 5.52. The van der Waals surface area contributed by atoms with Crippen molar-refractivity contribution < 1.29 is 4.74 Å². The SMILES string of the molecule is CCc1nc(N2CCCC(OC)C2)sc1CNCC(C)C. The standard InChI is InChI=1S/C16H29N3OS/c1-5-14-15(10-17-9-12(2)3)21-16(18-14)19-8-6-7-13(11-19)20-4/h12-13,17H,5-11H2,1-4H3. The Morgan fingerprint density at radius 2 is 2.29 bits per heavy atom. The van der Waals surface area contributed by atoms with Crippen LogP contribution in [0, 0.1) is 5.92 Å². The Morgan fingerprint density at radius 1 is 1.48 bits per heavy atom. The van der Waals surface area contributed by atoms with Gasteiger partial charge in [0.05, 0.1) is 11.8 Å². The highest BCUT2D eigenvalue weighted by Crippen LogP contribution is 2.29. The summed E-state index contributed by atoms with van der Waals surface area (Å²) in [7, 11) is 1.81. The number of hydrogen-bond acceptors (Lipinski definition) is 5. The van der Waals surface area contributed by atoms with E-state index in [1.165, 1.54) is 28.5 Å². The average molecular weight is 311 g/mol. The van der Waals surface area contributed by atoms with E-state index in [2.05, 4.69) is 31.0 Å². The zero-order chi connectivity index (χ0) is 15.2. The van der Waals surface area contributed by atoms with Crippen LogP contribution in [-0.4, -0.2) is 37.8 Å². The van der Waals surface area contributed by atoms with E-state index < -0.39 is 0 Å². The molecule has 0 bridgehead atoms. The van der Waals surface area contributed by atoms with Crippen LogP contribution in [0.25, 0.3) is 0 Å². The Morgan fingerprint density at radius 3 is 2.95 bits per heavy atom. The first kappa shape index (κ1) is 16.7.